The molecular formula is C12H13NO2. The first kappa shape index (κ1) is 9.77. The number of hydrogen-bond donors (Lipinski definition) is 2. The monoisotopic (exact) mass is 203 g/mol. The molecule has 0 spiro atoms. The molecule has 0 amide bonds. The number of aliphatic imine (C=N–C) groups is 1. The van der Waals surface area contributed by atoms with Crippen molar-refractivity contribution in [2.75, 3.05) is 6.54 Å². The number of allylic oxidation sites excluding steroid dienone is 1. The molecular weight excluding hydrogens is 190 g/mol. The zero-order chi connectivity index (χ0) is 11.0. The number of aromatic hydroxyl groups is 2. The van der Waals surface area contributed by atoms with Crippen LogP contribution in [0.2, 0.25) is 0 Å². The van der Waals surface area contributed by atoms with Crippen LogP contribution in [0.15, 0.2) is 28.8 Å². The summed E-state index contributed by atoms with van der Waals surface area (Å²) in [5, 5.41) is 18.6. The molecule has 1 aromatic carbocycles. The van der Waals surface area contributed by atoms with Gasteiger partial charge in [-0.25, -0.2) is 0 Å². The van der Waals surface area contributed by atoms with Crippen LogP contribution < -0.4 is 0 Å². The predicted octanol–water partition coefficient (Wildman–Crippen LogP) is 2.35. The van der Waals surface area contributed by atoms with Gasteiger partial charge in [-0.2, -0.15) is 0 Å². The maximum Gasteiger partial charge on any atom is 0.158 e. The lowest BCUT2D eigenvalue weighted by Crippen LogP contribution is -1.94. The second-order valence-corrected chi connectivity index (χ2v) is 3.76. The predicted molar refractivity (Wildman–Crippen MR) is 60.3 cm³/mol. The Morgan fingerprint density at radius 2 is 1.87 bits per heavy atom. The minimum atomic E-state index is -0.0930. The first-order valence-corrected chi connectivity index (χ1v) is 4.83. The fourth-order valence-electron chi connectivity index (χ4n) is 1.84. The summed E-state index contributed by atoms with van der Waals surface area (Å²) in [7, 11) is 0. The highest BCUT2D eigenvalue weighted by atomic mass is 16.3. The van der Waals surface area contributed by atoms with E-state index in [-0.39, 0.29) is 11.5 Å². The maximum absolute atomic E-state index is 9.42. The number of nitrogens with zero attached hydrogens (tertiary/aromatic N) is 1. The highest BCUT2D eigenvalue weighted by Crippen LogP contribution is 2.32. The van der Waals surface area contributed by atoms with Gasteiger partial charge in [0.25, 0.3) is 0 Å². The molecule has 3 nitrogen and oxygen atoms in total. The van der Waals surface area contributed by atoms with Gasteiger partial charge in [-0.1, -0.05) is 6.07 Å². The molecule has 0 bridgehead atoms. The summed E-state index contributed by atoms with van der Waals surface area (Å²) in [6.45, 7) is 4.71. The average molecular weight is 203 g/mol. The highest BCUT2D eigenvalue weighted by molar-refractivity contribution is 6.25. The van der Waals surface area contributed by atoms with Crippen LogP contribution >= 0.6 is 0 Å². The van der Waals surface area contributed by atoms with Crippen molar-refractivity contribution in [3.63, 3.8) is 0 Å². The fourth-order valence-corrected chi connectivity index (χ4v) is 1.84. The van der Waals surface area contributed by atoms with E-state index < -0.39 is 0 Å². The standard InChI is InChI=1S/C12H13NO2/c1-7-6-13-8(2)12(7)9-3-4-10(14)11(15)5-9/h3-5,14-15H,6H2,1-2H3. The Kier molecular flexibility index (Phi) is 2.23. The van der Waals surface area contributed by atoms with E-state index in [1.807, 2.05) is 13.8 Å². The lowest BCUT2D eigenvalue weighted by molar-refractivity contribution is 0.403. The molecule has 0 aliphatic carbocycles. The molecule has 1 aliphatic heterocycles. The maximum atomic E-state index is 9.42. The average Bonchev–Trinajstić information content (AvgIpc) is 2.52. The van der Waals surface area contributed by atoms with E-state index in [1.165, 1.54) is 11.6 Å². The van der Waals surface area contributed by atoms with Crippen molar-refractivity contribution < 1.29 is 10.2 Å². The highest BCUT2D eigenvalue weighted by Gasteiger charge is 2.15. The van der Waals surface area contributed by atoms with Crippen LogP contribution in [0.25, 0.3) is 5.57 Å². The van der Waals surface area contributed by atoms with Gasteiger partial charge in [0.2, 0.25) is 0 Å². The van der Waals surface area contributed by atoms with Crippen LogP contribution in [0.4, 0.5) is 0 Å². The number of phenolic OH excluding ortho intramolecular Hbond substituents is 2. The second-order valence-electron chi connectivity index (χ2n) is 3.76. The first-order chi connectivity index (χ1) is 7.09. The van der Waals surface area contributed by atoms with E-state index in [9.17, 15) is 10.2 Å². The lowest BCUT2D eigenvalue weighted by atomic mass is 9.99. The summed E-state index contributed by atoms with van der Waals surface area (Å²) < 4.78 is 0. The molecule has 1 aliphatic rings. The van der Waals surface area contributed by atoms with Gasteiger partial charge < -0.3 is 10.2 Å². The molecule has 3 heteroatoms. The molecule has 0 radical (unpaired) electrons. The van der Waals surface area contributed by atoms with Gasteiger partial charge in [0.05, 0.1) is 6.54 Å². The largest absolute Gasteiger partial charge is 0.504 e. The van der Waals surface area contributed by atoms with Crippen molar-refractivity contribution in [1.29, 1.82) is 0 Å². The van der Waals surface area contributed by atoms with E-state index in [4.69, 9.17) is 0 Å². The topological polar surface area (TPSA) is 52.8 Å². The smallest absolute Gasteiger partial charge is 0.158 e. The number of phenols is 2. The van der Waals surface area contributed by atoms with Crippen molar-refractivity contribution in [3.8, 4) is 11.5 Å². The van der Waals surface area contributed by atoms with Crippen LogP contribution in [-0.4, -0.2) is 22.5 Å². The summed E-state index contributed by atoms with van der Waals surface area (Å²) in [4.78, 5) is 4.33. The van der Waals surface area contributed by atoms with Crippen LogP contribution in [0.1, 0.15) is 19.4 Å². The van der Waals surface area contributed by atoms with E-state index in [0.717, 1.165) is 23.4 Å². The van der Waals surface area contributed by atoms with Crippen LogP contribution in [0.5, 0.6) is 11.5 Å². The van der Waals surface area contributed by atoms with E-state index in [0.29, 0.717) is 0 Å². The zero-order valence-corrected chi connectivity index (χ0v) is 8.78. The van der Waals surface area contributed by atoms with Gasteiger partial charge in [0.1, 0.15) is 0 Å². The first-order valence-electron chi connectivity index (χ1n) is 4.83. The van der Waals surface area contributed by atoms with Crippen molar-refractivity contribution in [3.05, 3.63) is 29.3 Å². The molecule has 0 saturated carbocycles. The summed E-state index contributed by atoms with van der Waals surface area (Å²) in [6, 6.07) is 4.85. The summed E-state index contributed by atoms with van der Waals surface area (Å²) in [5.41, 5.74) is 4.15. The van der Waals surface area contributed by atoms with Crippen molar-refractivity contribution >= 4 is 11.3 Å². The molecule has 0 atom stereocenters. The number of hydrogen-bond acceptors (Lipinski definition) is 3. The molecule has 0 unspecified atom stereocenters. The van der Waals surface area contributed by atoms with E-state index in [1.54, 1.807) is 12.1 Å². The van der Waals surface area contributed by atoms with Crippen LogP contribution in [0.3, 0.4) is 0 Å². The zero-order valence-electron chi connectivity index (χ0n) is 8.78. The SMILES string of the molecule is CC1=NCC(C)=C1c1ccc(O)c(O)c1. The molecule has 0 fully saturated rings. The van der Waals surface area contributed by atoms with E-state index >= 15 is 0 Å². The third-order valence-electron chi connectivity index (χ3n) is 2.61. The Morgan fingerprint density at radius 1 is 1.13 bits per heavy atom. The molecule has 0 aromatic heterocycles. The third-order valence-corrected chi connectivity index (χ3v) is 2.61. The summed E-state index contributed by atoms with van der Waals surface area (Å²) >= 11 is 0. The summed E-state index contributed by atoms with van der Waals surface area (Å²) in [6.07, 6.45) is 0. The molecule has 1 heterocycles. The van der Waals surface area contributed by atoms with Gasteiger partial charge in [-0.15, -0.1) is 0 Å². The van der Waals surface area contributed by atoms with Gasteiger partial charge >= 0.3 is 0 Å². The molecule has 15 heavy (non-hydrogen) atoms. The van der Waals surface area contributed by atoms with Crippen LogP contribution in [-0.2, 0) is 0 Å². The lowest BCUT2D eigenvalue weighted by Gasteiger charge is -2.06. The van der Waals surface area contributed by atoms with Crippen molar-refractivity contribution in [2.45, 2.75) is 13.8 Å². The Labute approximate surface area is 88.4 Å². The van der Waals surface area contributed by atoms with Gasteiger partial charge in [-0.3, -0.25) is 4.99 Å². The quantitative estimate of drug-likeness (QED) is 0.688. The molecule has 2 N–H and O–H groups in total. The van der Waals surface area contributed by atoms with Gasteiger partial charge in [-0.05, 0) is 37.1 Å². The minimum absolute atomic E-state index is 0.0903. The molecule has 1 aromatic rings. The minimum Gasteiger partial charge on any atom is -0.504 e. The van der Waals surface area contributed by atoms with Crippen LogP contribution in [0, 0.1) is 0 Å². The second kappa shape index (κ2) is 3.42. The third kappa shape index (κ3) is 1.61. The molecule has 2 rings (SSSR count). The fraction of sp³-hybridized carbons (Fsp3) is 0.250. The Bertz CT molecular complexity index is 473. The molecule has 78 valence electrons. The Balaban J connectivity index is 2.51. The van der Waals surface area contributed by atoms with Crippen molar-refractivity contribution in [2.24, 2.45) is 4.99 Å². The van der Waals surface area contributed by atoms with Gasteiger partial charge in [0, 0.05) is 11.3 Å². The molecule has 0 saturated heterocycles. The number of rotatable bonds is 1. The van der Waals surface area contributed by atoms with Gasteiger partial charge in [0.15, 0.2) is 11.5 Å². The number of benzene rings is 1. The Morgan fingerprint density at radius 3 is 2.40 bits per heavy atom. The summed E-state index contributed by atoms with van der Waals surface area (Å²) in [5.74, 6) is -0.183. The van der Waals surface area contributed by atoms with E-state index in [2.05, 4.69) is 4.99 Å². The Hall–Kier alpha value is -1.77. The normalized spacial score (nSPS) is 15.7. The van der Waals surface area contributed by atoms with Crippen molar-refractivity contribution in [1.82, 2.24) is 0 Å².